The minimum Gasteiger partial charge on any atom is -0.490 e. The fourth-order valence-electron chi connectivity index (χ4n) is 8.53. The van der Waals surface area contributed by atoms with Gasteiger partial charge in [0.2, 0.25) is 5.79 Å². The Hall–Kier alpha value is -4.80. The molecule has 1 fully saturated rings. The molecule has 5 rings (SSSR count). The van der Waals surface area contributed by atoms with Crippen molar-refractivity contribution in [2.75, 3.05) is 59.4 Å². The van der Waals surface area contributed by atoms with Gasteiger partial charge in [-0.3, -0.25) is 15.0 Å². The van der Waals surface area contributed by atoms with E-state index >= 15 is 0 Å². The van der Waals surface area contributed by atoms with Gasteiger partial charge in [-0.05, 0) is 80.3 Å². The Morgan fingerprint density at radius 1 is 1.00 bits per heavy atom. The third kappa shape index (κ3) is 10.2. The molecule has 1 saturated carbocycles. The maximum atomic E-state index is 14.6. The summed E-state index contributed by atoms with van der Waals surface area (Å²) < 4.78 is 31.8. The van der Waals surface area contributed by atoms with Crippen molar-refractivity contribution in [1.29, 1.82) is 0 Å². The molecule has 3 N–H and O–H groups in total. The second-order valence-electron chi connectivity index (χ2n) is 14.4. The molecule has 0 radical (unpaired) electrons. The zero-order chi connectivity index (χ0) is 41.5. The minimum atomic E-state index is -1.55. The molecule has 0 spiro atoms. The highest BCUT2D eigenvalue weighted by Crippen LogP contribution is 2.62. The number of allylic oxidation sites excluding steroid dienone is 1. The van der Waals surface area contributed by atoms with Crippen LogP contribution in [0.25, 0.3) is 0 Å². The van der Waals surface area contributed by atoms with Crippen LogP contribution in [0.1, 0.15) is 63.4 Å². The molecule has 58 heavy (non-hydrogen) atoms. The number of carbonyl (C=O) groups excluding carboxylic acids is 1. The number of nitrogens with zero attached hydrogens (tertiary/aromatic N) is 3. The first kappa shape index (κ1) is 44.3. The summed E-state index contributed by atoms with van der Waals surface area (Å²) in [6.45, 7) is 10.2. The first-order valence-electron chi connectivity index (χ1n) is 20.1. The summed E-state index contributed by atoms with van der Waals surface area (Å²) in [5, 5.41) is 45.2. The second-order valence-corrected chi connectivity index (χ2v) is 14.4. The number of aliphatic hydroxyl groups excluding tert-OH is 3. The standard InChI is InChI=1S/C43H57N3O12/c1-4-23-54-33-17-18-38-36(28-33)40-34(12-8-10-21-48)30(11-7-9-20-47)27-35-37(44-56-6-3)29-39(43(58-38,41(35)40)55-24-5-2)45(19-25-53-26-22-49)42(50)57-32-15-13-31(14-16-32)46(51)52/h4-5,13-18,27-28,30,34,39-41,47-49H,1-2,6-12,19-26,29H2,3H3. The lowest BCUT2D eigenvalue weighted by Crippen LogP contribution is -2.70. The van der Waals surface area contributed by atoms with Crippen LogP contribution in [-0.2, 0) is 14.3 Å². The predicted molar refractivity (Wildman–Crippen MR) is 216 cm³/mol. The molecule has 1 amide bonds. The van der Waals surface area contributed by atoms with Crippen LogP contribution in [0.5, 0.6) is 17.2 Å². The highest BCUT2D eigenvalue weighted by atomic mass is 16.7. The van der Waals surface area contributed by atoms with Crippen LogP contribution in [0.4, 0.5) is 10.5 Å². The molecule has 6 atom stereocenters. The smallest absolute Gasteiger partial charge is 0.415 e. The Balaban J connectivity index is 1.74. The van der Waals surface area contributed by atoms with Crippen molar-refractivity contribution in [2.45, 2.75) is 69.6 Å². The summed E-state index contributed by atoms with van der Waals surface area (Å²) in [6.07, 6.45) is 9.25. The molecule has 0 bridgehead atoms. The number of benzene rings is 2. The number of hydrogen-bond donors (Lipinski definition) is 3. The molecule has 15 heteroatoms. The molecule has 2 aromatic rings. The maximum absolute atomic E-state index is 14.6. The van der Waals surface area contributed by atoms with Crippen LogP contribution < -0.4 is 14.2 Å². The number of ether oxygens (including phenoxy) is 5. The highest BCUT2D eigenvalue weighted by molar-refractivity contribution is 6.03. The number of oxime groups is 1. The molecule has 2 aromatic carbocycles. The van der Waals surface area contributed by atoms with Gasteiger partial charge in [0.1, 0.15) is 36.5 Å². The molecule has 1 heterocycles. The summed E-state index contributed by atoms with van der Waals surface area (Å²) in [5.74, 6) is -1.07. The Morgan fingerprint density at radius 2 is 1.72 bits per heavy atom. The largest absolute Gasteiger partial charge is 0.490 e. The van der Waals surface area contributed by atoms with Crippen LogP contribution in [0.3, 0.4) is 0 Å². The summed E-state index contributed by atoms with van der Waals surface area (Å²) in [5.41, 5.74) is 2.22. The van der Waals surface area contributed by atoms with Gasteiger partial charge in [-0.15, -0.1) is 6.58 Å². The lowest BCUT2D eigenvalue weighted by Gasteiger charge is -2.59. The summed E-state index contributed by atoms with van der Waals surface area (Å²) >= 11 is 0. The van der Waals surface area contributed by atoms with Crippen molar-refractivity contribution >= 4 is 17.5 Å². The Kier molecular flexibility index (Phi) is 16.7. The SMILES string of the molecule is C=CCOc1ccc2c(c1)C1C(CCCCO)C(CCCCO)C=C3C(=NOCC)CC(N(CCOCCO)C(=O)Oc4ccc([N+](=O)[O-])cc4)C(OCC=C)(O2)C31. The van der Waals surface area contributed by atoms with Crippen LogP contribution >= 0.6 is 0 Å². The number of unbranched alkanes of at least 4 members (excludes halogenated alkanes) is 2. The van der Waals surface area contributed by atoms with Gasteiger partial charge in [-0.2, -0.15) is 0 Å². The number of hydrogen-bond acceptors (Lipinski definition) is 13. The molecule has 1 aliphatic heterocycles. The van der Waals surface area contributed by atoms with E-state index in [0.29, 0.717) is 43.3 Å². The van der Waals surface area contributed by atoms with Gasteiger partial charge in [0, 0.05) is 49.8 Å². The number of nitro benzene ring substituents is 1. The van der Waals surface area contributed by atoms with E-state index in [9.17, 15) is 30.2 Å². The third-order valence-electron chi connectivity index (χ3n) is 10.9. The molecule has 316 valence electrons. The number of carbonyl (C=O) groups is 1. The van der Waals surface area contributed by atoms with E-state index in [1.165, 1.54) is 29.2 Å². The molecular weight excluding hydrogens is 750 g/mol. The van der Waals surface area contributed by atoms with Gasteiger partial charge in [0.15, 0.2) is 0 Å². The van der Waals surface area contributed by atoms with E-state index in [4.69, 9.17) is 28.5 Å². The first-order valence-corrected chi connectivity index (χ1v) is 20.1. The number of amides is 1. The molecule has 2 aliphatic carbocycles. The van der Waals surface area contributed by atoms with E-state index in [1.807, 2.05) is 25.1 Å². The van der Waals surface area contributed by atoms with Crippen molar-refractivity contribution in [3.05, 3.63) is 95.1 Å². The Bertz CT molecular complexity index is 1750. The van der Waals surface area contributed by atoms with Crippen LogP contribution in [0.2, 0.25) is 0 Å². The van der Waals surface area contributed by atoms with Crippen molar-refractivity contribution in [3.63, 3.8) is 0 Å². The highest BCUT2D eigenvalue weighted by Gasteiger charge is 2.65. The second kappa shape index (κ2) is 21.8. The Morgan fingerprint density at radius 3 is 2.40 bits per heavy atom. The summed E-state index contributed by atoms with van der Waals surface area (Å²) in [6, 6.07) is 10.00. The number of fused-ring (bicyclic) bond motifs is 2. The summed E-state index contributed by atoms with van der Waals surface area (Å²) in [4.78, 5) is 32.6. The average molecular weight is 808 g/mol. The average Bonchev–Trinajstić information content (AvgIpc) is 3.23. The van der Waals surface area contributed by atoms with Crippen LogP contribution in [0, 0.1) is 27.9 Å². The molecule has 6 unspecified atom stereocenters. The molecule has 0 aromatic heterocycles. The van der Waals surface area contributed by atoms with Gasteiger partial charge in [0.05, 0.1) is 43.0 Å². The predicted octanol–water partition coefficient (Wildman–Crippen LogP) is 6.32. The molecule has 3 aliphatic rings. The van der Waals surface area contributed by atoms with E-state index < -0.39 is 28.8 Å². The van der Waals surface area contributed by atoms with Crippen molar-refractivity contribution in [2.24, 2.45) is 22.9 Å². The van der Waals surface area contributed by atoms with E-state index in [2.05, 4.69) is 24.4 Å². The molecule has 15 nitrogen and oxygen atoms in total. The van der Waals surface area contributed by atoms with Crippen molar-refractivity contribution in [1.82, 2.24) is 4.90 Å². The van der Waals surface area contributed by atoms with E-state index in [-0.39, 0.29) is 81.8 Å². The molecular formula is C43H57N3O12. The maximum Gasteiger partial charge on any atom is 0.415 e. The first-order chi connectivity index (χ1) is 28.3. The monoisotopic (exact) mass is 807 g/mol. The van der Waals surface area contributed by atoms with Crippen LogP contribution in [0.15, 0.2) is 84.6 Å². The van der Waals surface area contributed by atoms with Gasteiger partial charge in [-0.25, -0.2) is 4.79 Å². The number of rotatable bonds is 24. The van der Waals surface area contributed by atoms with Gasteiger partial charge in [0.25, 0.3) is 5.69 Å². The fourth-order valence-corrected chi connectivity index (χ4v) is 8.53. The lowest BCUT2D eigenvalue weighted by molar-refractivity contribution is -0.384. The van der Waals surface area contributed by atoms with Gasteiger partial charge in [-0.1, -0.05) is 42.8 Å². The normalized spacial score (nSPS) is 23.8. The lowest BCUT2D eigenvalue weighted by atomic mass is 9.55. The number of non-ortho nitro benzene ring substituents is 1. The van der Waals surface area contributed by atoms with Crippen molar-refractivity contribution < 1.29 is 53.6 Å². The summed E-state index contributed by atoms with van der Waals surface area (Å²) in [7, 11) is 0. The number of nitro groups is 1. The van der Waals surface area contributed by atoms with E-state index in [0.717, 1.165) is 36.8 Å². The zero-order valence-corrected chi connectivity index (χ0v) is 33.2. The Labute approximate surface area is 339 Å². The van der Waals surface area contributed by atoms with Crippen LogP contribution in [-0.4, -0.2) is 108 Å². The topological polar surface area (TPSA) is 192 Å². The van der Waals surface area contributed by atoms with E-state index in [1.54, 1.807) is 12.2 Å². The van der Waals surface area contributed by atoms with Crippen molar-refractivity contribution in [3.8, 4) is 17.2 Å². The quantitative estimate of drug-likeness (QED) is 0.0464. The van der Waals surface area contributed by atoms with Gasteiger partial charge < -0.3 is 43.8 Å². The minimum absolute atomic E-state index is 0.00324. The van der Waals surface area contributed by atoms with Gasteiger partial charge >= 0.3 is 6.09 Å². The molecule has 0 saturated heterocycles. The zero-order valence-electron chi connectivity index (χ0n) is 33.2. The third-order valence-corrected chi connectivity index (χ3v) is 10.9. The number of aliphatic hydroxyl groups is 3. The fraction of sp³-hybridized carbons (Fsp3) is 0.535.